The van der Waals surface area contributed by atoms with Gasteiger partial charge in [0.2, 0.25) is 0 Å². The summed E-state index contributed by atoms with van der Waals surface area (Å²) >= 11 is 0. The second-order valence-corrected chi connectivity index (χ2v) is 4.53. The van der Waals surface area contributed by atoms with Crippen molar-refractivity contribution in [3.63, 3.8) is 0 Å². The van der Waals surface area contributed by atoms with E-state index in [0.29, 0.717) is 0 Å². The molecule has 0 aliphatic carbocycles. The minimum atomic E-state index is -4.54. The van der Waals surface area contributed by atoms with E-state index >= 15 is 0 Å². The molecule has 0 aromatic rings. The van der Waals surface area contributed by atoms with Crippen LogP contribution in [-0.2, 0) is 15.0 Å². The number of aliphatic hydroxyl groups excluding tert-OH is 3. The Labute approximate surface area is 93.7 Å². The third-order valence-electron chi connectivity index (χ3n) is 1.82. The van der Waals surface area contributed by atoms with E-state index in [1.165, 1.54) is 18.6 Å². The van der Waals surface area contributed by atoms with Crippen LogP contribution in [0.2, 0.25) is 0 Å². The van der Waals surface area contributed by atoms with E-state index in [1.807, 2.05) is 0 Å². The van der Waals surface area contributed by atoms with Crippen molar-refractivity contribution in [2.24, 2.45) is 0 Å². The third-order valence-corrected chi connectivity index (χ3v) is 2.36. The van der Waals surface area contributed by atoms with E-state index in [1.54, 1.807) is 0 Å². The molecule has 8 nitrogen and oxygen atoms in total. The summed E-state index contributed by atoms with van der Waals surface area (Å²) in [6, 6.07) is 0. The summed E-state index contributed by atoms with van der Waals surface area (Å²) in [5, 5.41) is 27.2. The van der Waals surface area contributed by atoms with E-state index in [0.717, 1.165) is 0 Å². The normalized spacial score (nSPS) is 20.1. The lowest BCUT2D eigenvalue weighted by Crippen LogP contribution is -2.46. The fourth-order valence-electron chi connectivity index (χ4n) is 0.908. The molecule has 0 fully saturated rings. The van der Waals surface area contributed by atoms with Crippen molar-refractivity contribution in [2.45, 2.75) is 38.4 Å². The fraction of sp³-hybridized carbons (Fsp3) is 1.00. The highest BCUT2D eigenvalue weighted by atomic mass is 32.2. The minimum absolute atomic E-state index is 0.486. The monoisotopic (exact) mass is 259 g/mol. The summed E-state index contributed by atoms with van der Waals surface area (Å²) < 4.78 is 35.6. The van der Waals surface area contributed by atoms with Crippen molar-refractivity contribution in [3.05, 3.63) is 0 Å². The Hall–Kier alpha value is -0.290. The van der Waals surface area contributed by atoms with Gasteiger partial charge in [0.15, 0.2) is 0 Å². The van der Waals surface area contributed by atoms with Gasteiger partial charge in [-0.15, -0.1) is 0 Å². The van der Waals surface area contributed by atoms with Crippen LogP contribution in [0.3, 0.4) is 0 Å². The third kappa shape index (κ3) is 6.33. The van der Waals surface area contributed by atoms with Gasteiger partial charge in [-0.25, -0.2) is 0 Å². The maximum Gasteiger partial charge on any atom is 0.335 e. The standard InChI is InChI=1S/C7H17NO7S/c1-4(10)6(3-9)15-5(2)7(11)8-16(12,13)14/h4-11H,3H2,1-2H3,(H,12,13,14). The van der Waals surface area contributed by atoms with Crippen molar-refractivity contribution >= 4 is 10.3 Å². The molecular weight excluding hydrogens is 242 g/mol. The number of aliphatic hydroxyl groups is 3. The van der Waals surface area contributed by atoms with Gasteiger partial charge in [-0.05, 0) is 13.8 Å². The molecule has 0 aromatic carbocycles. The van der Waals surface area contributed by atoms with Crippen molar-refractivity contribution in [3.8, 4) is 0 Å². The predicted molar refractivity (Wildman–Crippen MR) is 53.8 cm³/mol. The molecule has 9 heteroatoms. The molecule has 0 amide bonds. The Morgan fingerprint density at radius 1 is 1.31 bits per heavy atom. The van der Waals surface area contributed by atoms with Crippen LogP contribution < -0.4 is 4.72 Å². The van der Waals surface area contributed by atoms with Crippen molar-refractivity contribution < 1.29 is 33.0 Å². The van der Waals surface area contributed by atoms with Gasteiger partial charge in [0.1, 0.15) is 12.3 Å². The highest BCUT2D eigenvalue weighted by molar-refractivity contribution is 7.83. The van der Waals surface area contributed by atoms with Crippen LogP contribution in [0.15, 0.2) is 0 Å². The number of rotatable bonds is 7. The van der Waals surface area contributed by atoms with Crippen molar-refractivity contribution in [1.29, 1.82) is 0 Å². The van der Waals surface area contributed by atoms with Crippen LogP contribution in [0, 0.1) is 0 Å². The molecule has 0 rings (SSSR count). The van der Waals surface area contributed by atoms with Crippen LogP contribution in [0.5, 0.6) is 0 Å². The Balaban J connectivity index is 4.28. The van der Waals surface area contributed by atoms with Crippen molar-refractivity contribution in [1.82, 2.24) is 4.72 Å². The van der Waals surface area contributed by atoms with Gasteiger partial charge in [0.05, 0.1) is 18.8 Å². The summed E-state index contributed by atoms with van der Waals surface area (Å²) in [7, 11) is -4.54. The molecule has 4 unspecified atom stereocenters. The quantitative estimate of drug-likeness (QED) is 0.259. The van der Waals surface area contributed by atoms with Gasteiger partial charge in [-0.3, -0.25) is 4.55 Å². The molecule has 0 saturated carbocycles. The first-order valence-corrected chi connectivity index (χ1v) is 5.98. The molecule has 0 aliphatic heterocycles. The summed E-state index contributed by atoms with van der Waals surface area (Å²) in [5.74, 6) is 0. The number of hydrogen-bond acceptors (Lipinski definition) is 6. The molecule has 0 saturated heterocycles. The zero-order valence-corrected chi connectivity index (χ0v) is 9.75. The van der Waals surface area contributed by atoms with Gasteiger partial charge < -0.3 is 20.1 Å². The molecule has 5 N–H and O–H groups in total. The highest BCUT2D eigenvalue weighted by Gasteiger charge is 2.24. The molecule has 0 aliphatic rings. The largest absolute Gasteiger partial charge is 0.394 e. The van der Waals surface area contributed by atoms with Crippen molar-refractivity contribution in [2.75, 3.05) is 6.61 Å². The first kappa shape index (κ1) is 15.7. The SMILES string of the molecule is CC(O)C(CO)OC(C)C(O)NS(=O)(=O)O. The topological polar surface area (TPSA) is 136 Å². The number of hydrogen-bond donors (Lipinski definition) is 5. The smallest absolute Gasteiger partial charge is 0.335 e. The van der Waals surface area contributed by atoms with E-state index in [2.05, 4.69) is 0 Å². The first-order valence-electron chi connectivity index (χ1n) is 4.54. The van der Waals surface area contributed by atoms with Crippen LogP contribution in [0.25, 0.3) is 0 Å². The molecule has 4 atom stereocenters. The summed E-state index contributed by atoms with van der Waals surface area (Å²) in [6.07, 6.45) is -4.66. The average Bonchev–Trinajstić information content (AvgIpc) is 2.10. The molecule has 98 valence electrons. The minimum Gasteiger partial charge on any atom is -0.394 e. The second kappa shape index (κ2) is 6.45. The van der Waals surface area contributed by atoms with E-state index in [9.17, 15) is 13.5 Å². The van der Waals surface area contributed by atoms with Crippen LogP contribution in [-0.4, -0.2) is 59.4 Å². The average molecular weight is 259 g/mol. The van der Waals surface area contributed by atoms with Crippen LogP contribution >= 0.6 is 0 Å². The Kier molecular flexibility index (Phi) is 6.33. The number of nitrogens with one attached hydrogen (secondary N) is 1. The number of ether oxygens (including phenoxy) is 1. The van der Waals surface area contributed by atoms with E-state index in [-0.39, 0.29) is 0 Å². The second-order valence-electron chi connectivity index (χ2n) is 3.34. The highest BCUT2D eigenvalue weighted by Crippen LogP contribution is 2.06. The van der Waals surface area contributed by atoms with Crippen LogP contribution in [0.1, 0.15) is 13.8 Å². The molecule has 16 heavy (non-hydrogen) atoms. The van der Waals surface area contributed by atoms with Crippen LogP contribution in [0.4, 0.5) is 0 Å². The molecule has 0 radical (unpaired) electrons. The molecule has 0 spiro atoms. The zero-order chi connectivity index (χ0) is 12.9. The van der Waals surface area contributed by atoms with Gasteiger partial charge in [0.25, 0.3) is 0 Å². The van der Waals surface area contributed by atoms with Gasteiger partial charge in [-0.1, -0.05) is 0 Å². The van der Waals surface area contributed by atoms with Gasteiger partial charge in [0, 0.05) is 0 Å². The Morgan fingerprint density at radius 3 is 2.12 bits per heavy atom. The molecule has 0 aromatic heterocycles. The van der Waals surface area contributed by atoms with E-state index < -0.39 is 41.5 Å². The fourth-order valence-corrected chi connectivity index (χ4v) is 1.40. The zero-order valence-electron chi connectivity index (χ0n) is 8.94. The lowest BCUT2D eigenvalue weighted by Gasteiger charge is -2.25. The van der Waals surface area contributed by atoms with E-state index in [4.69, 9.17) is 19.5 Å². The predicted octanol–water partition coefficient (Wildman–Crippen LogP) is -2.16. The Bertz CT molecular complexity index is 291. The molecule has 0 heterocycles. The first-order chi connectivity index (χ1) is 7.17. The molecule has 0 bridgehead atoms. The van der Waals surface area contributed by atoms with Gasteiger partial charge in [-0.2, -0.15) is 13.1 Å². The lowest BCUT2D eigenvalue weighted by molar-refractivity contribution is -0.122. The summed E-state index contributed by atoms with van der Waals surface area (Å²) in [5.41, 5.74) is 0. The maximum atomic E-state index is 10.4. The summed E-state index contributed by atoms with van der Waals surface area (Å²) in [4.78, 5) is 0. The summed E-state index contributed by atoms with van der Waals surface area (Å²) in [6.45, 7) is 2.20. The lowest BCUT2D eigenvalue weighted by atomic mass is 10.2. The Morgan fingerprint density at radius 2 is 1.81 bits per heavy atom. The van der Waals surface area contributed by atoms with Gasteiger partial charge >= 0.3 is 10.3 Å². The maximum absolute atomic E-state index is 10.4. The molecular formula is C7H17NO7S.